The lowest BCUT2D eigenvalue weighted by Crippen LogP contribution is -2.80. The summed E-state index contributed by atoms with van der Waals surface area (Å²) in [4.78, 5) is 0. The van der Waals surface area contributed by atoms with Crippen LogP contribution in [0, 0.1) is 0 Å². The van der Waals surface area contributed by atoms with Gasteiger partial charge in [-0.15, -0.1) is 0 Å². The molecular formula is C18F39O4P. The minimum Gasteiger partial charge on any atom is -0.257 e. The number of phosphoric acid groups is 1. The number of hydrogen-bond donors (Lipinski definition) is 0. The van der Waals surface area contributed by atoms with Crippen LogP contribution in [0.15, 0.2) is 0 Å². The molecule has 0 aromatic heterocycles. The van der Waals surface area contributed by atoms with Crippen molar-refractivity contribution >= 4 is 7.82 Å². The molecule has 0 saturated heterocycles. The van der Waals surface area contributed by atoms with Crippen molar-refractivity contribution in [2.45, 2.75) is 108 Å². The average Bonchev–Trinajstić information content (AvgIpc) is 2.91. The van der Waals surface area contributed by atoms with Gasteiger partial charge in [0, 0.05) is 0 Å². The highest BCUT2D eigenvalue weighted by atomic mass is 31.2. The molecule has 62 heavy (non-hydrogen) atoms. The zero-order valence-corrected chi connectivity index (χ0v) is 26.7. The van der Waals surface area contributed by atoms with Crippen LogP contribution in [0.3, 0.4) is 0 Å². The van der Waals surface area contributed by atoms with E-state index in [1.54, 1.807) is 0 Å². The maximum atomic E-state index is 14.4. The van der Waals surface area contributed by atoms with Crippen molar-refractivity contribution < 1.29 is 189 Å². The Morgan fingerprint density at radius 1 is 0.194 bits per heavy atom. The SMILES string of the molecule is O=P(OC(C(F)(F)F)(C(F)(F)C(F)(F)F)C(F)(F)C(F)(F)F)(OC(C(F)(F)F)(C(F)(F)C(F)(F)F)C(F)(F)C(F)(F)F)OC(C(F)(F)F)(C(F)(F)C(F)(F)F)C(F)(F)C(F)(F)F. The molecule has 0 rings (SSSR count). The van der Waals surface area contributed by atoms with Crippen LogP contribution < -0.4 is 0 Å². The Hall–Kier alpha value is -2.62. The second-order valence-electron chi connectivity index (χ2n) is 10.7. The van der Waals surface area contributed by atoms with Gasteiger partial charge in [-0.25, -0.2) is 4.57 Å². The Balaban J connectivity index is 10.7. The third-order valence-electron chi connectivity index (χ3n) is 6.73. The number of phosphoric ester groups is 1. The van der Waals surface area contributed by atoms with Crippen molar-refractivity contribution in [3.05, 3.63) is 0 Å². The van der Waals surface area contributed by atoms with Gasteiger partial charge >= 0.3 is 116 Å². The summed E-state index contributed by atoms with van der Waals surface area (Å²) in [5.41, 5.74) is -32.6. The molecule has 0 saturated carbocycles. The molecule has 0 radical (unpaired) electrons. The number of halogens is 39. The molecule has 44 heteroatoms. The van der Waals surface area contributed by atoms with E-state index >= 15 is 0 Å². The molecule has 0 aromatic rings. The molecule has 0 heterocycles. The summed E-state index contributed by atoms with van der Waals surface area (Å²) < 4.78 is 549. The minimum atomic E-state index is -12.9. The minimum absolute atomic E-state index is 0.549. The van der Waals surface area contributed by atoms with E-state index in [9.17, 15) is 176 Å². The first-order valence-electron chi connectivity index (χ1n) is 12.5. The van der Waals surface area contributed by atoms with Crippen LogP contribution in [0.1, 0.15) is 0 Å². The van der Waals surface area contributed by atoms with Crippen molar-refractivity contribution in [2.24, 2.45) is 0 Å². The van der Waals surface area contributed by atoms with Crippen molar-refractivity contribution in [1.82, 2.24) is 0 Å². The van der Waals surface area contributed by atoms with Gasteiger partial charge in [0.25, 0.3) is 0 Å². The first-order chi connectivity index (χ1) is 25.9. The first-order valence-corrected chi connectivity index (χ1v) is 13.9. The Morgan fingerprint density at radius 2 is 0.290 bits per heavy atom. The van der Waals surface area contributed by atoms with Crippen LogP contribution in [0.25, 0.3) is 0 Å². The summed E-state index contributed by atoms with van der Waals surface area (Å²) in [6.07, 6.45) is -88.3. The van der Waals surface area contributed by atoms with E-state index in [4.69, 9.17) is 0 Å². The summed E-state index contributed by atoms with van der Waals surface area (Å²) in [5.74, 6) is -62.4. The van der Waals surface area contributed by atoms with E-state index < -0.39 is 116 Å². The highest BCUT2D eigenvalue weighted by Crippen LogP contribution is 2.77. The average molecular weight is 1050 g/mol. The molecule has 0 N–H and O–H groups in total. The molecule has 4 nitrogen and oxygen atoms in total. The molecule has 0 amide bonds. The Labute approximate surface area is 306 Å². The Morgan fingerprint density at radius 3 is 0.355 bits per heavy atom. The van der Waals surface area contributed by atoms with Crippen LogP contribution in [-0.4, -0.2) is 108 Å². The predicted molar refractivity (Wildman–Crippen MR) is 103 cm³/mol. The maximum absolute atomic E-state index is 14.4. The molecule has 0 aromatic carbocycles. The summed E-state index contributed by atoms with van der Waals surface area (Å²) in [6.45, 7) is 0. The Kier molecular flexibility index (Phi) is 14.1. The molecular weight excluding hydrogens is 1050 g/mol. The molecule has 0 atom stereocenters. The lowest BCUT2D eigenvalue weighted by molar-refractivity contribution is -0.493. The zero-order chi connectivity index (χ0) is 51.6. The maximum Gasteiger partial charge on any atom is 0.478 e. The summed E-state index contributed by atoms with van der Waals surface area (Å²) in [5, 5.41) is 0. The van der Waals surface area contributed by atoms with E-state index in [1.165, 1.54) is 0 Å². The second kappa shape index (κ2) is 14.7. The van der Waals surface area contributed by atoms with Crippen LogP contribution >= 0.6 is 7.82 Å². The fourth-order valence-corrected chi connectivity index (χ4v) is 6.03. The fourth-order valence-electron chi connectivity index (χ4n) is 3.92. The lowest BCUT2D eigenvalue weighted by Gasteiger charge is -2.51. The third-order valence-corrected chi connectivity index (χ3v) is 8.23. The van der Waals surface area contributed by atoms with Gasteiger partial charge < -0.3 is 0 Å². The molecule has 0 spiro atoms. The summed E-state index contributed by atoms with van der Waals surface area (Å²) in [6, 6.07) is 0. The van der Waals surface area contributed by atoms with Gasteiger partial charge in [-0.1, -0.05) is 0 Å². The van der Waals surface area contributed by atoms with Gasteiger partial charge in [-0.3, -0.25) is 13.6 Å². The molecule has 0 aliphatic rings. The normalized spacial score (nSPS) is 17.2. The van der Waals surface area contributed by atoms with Crippen molar-refractivity contribution in [1.29, 1.82) is 0 Å². The van der Waals surface area contributed by atoms with Gasteiger partial charge in [-0.05, 0) is 0 Å². The van der Waals surface area contributed by atoms with E-state index in [2.05, 4.69) is 0 Å². The second-order valence-corrected chi connectivity index (χ2v) is 12.1. The Bertz CT molecular complexity index is 1360. The van der Waals surface area contributed by atoms with E-state index in [-0.39, 0.29) is 0 Å². The standard InChI is InChI=1S/C18F39O4P/c19-4(20,13(40,41)42)1(10(31,32)33,5(21,22)14(43,44)45)59-62(58,60-2(11(34,35)36,6(23,24)15(46,47)48)7(25,26)16(49,50)51)61-3(12(37,38)39,8(27,28)17(52,53)54)9(29,30)18(55,56)57. The highest BCUT2D eigenvalue weighted by Gasteiger charge is 3.01. The van der Waals surface area contributed by atoms with Gasteiger partial charge in [0.2, 0.25) is 0 Å². The predicted octanol–water partition coefficient (Wildman–Crippen LogP) is 13.2. The molecule has 0 unspecified atom stereocenters. The molecule has 0 bridgehead atoms. The zero-order valence-electron chi connectivity index (χ0n) is 25.8. The number of rotatable bonds is 12. The monoisotopic (exact) mass is 1050 g/mol. The molecule has 0 aliphatic carbocycles. The largest absolute Gasteiger partial charge is 0.478 e. The van der Waals surface area contributed by atoms with E-state index in [0.29, 0.717) is 13.6 Å². The van der Waals surface area contributed by atoms with Gasteiger partial charge in [0.15, 0.2) is 0 Å². The van der Waals surface area contributed by atoms with Crippen molar-refractivity contribution in [2.75, 3.05) is 0 Å². The van der Waals surface area contributed by atoms with Crippen LogP contribution in [-0.2, 0) is 18.1 Å². The number of alkyl halides is 39. The smallest absolute Gasteiger partial charge is 0.257 e. The van der Waals surface area contributed by atoms with Crippen LogP contribution in [0.2, 0.25) is 0 Å². The summed E-state index contributed by atoms with van der Waals surface area (Å²) in [7, 11) is -12.9. The first kappa shape index (κ1) is 59.4. The van der Waals surface area contributed by atoms with Crippen molar-refractivity contribution in [3.63, 3.8) is 0 Å². The molecule has 0 aliphatic heterocycles. The van der Waals surface area contributed by atoms with Crippen molar-refractivity contribution in [3.8, 4) is 0 Å². The molecule has 374 valence electrons. The number of hydrogen-bond acceptors (Lipinski definition) is 4. The van der Waals surface area contributed by atoms with Gasteiger partial charge in [-0.2, -0.15) is 171 Å². The lowest BCUT2D eigenvalue weighted by atomic mass is 9.86. The third kappa shape index (κ3) is 8.07. The summed E-state index contributed by atoms with van der Waals surface area (Å²) >= 11 is 0. The highest BCUT2D eigenvalue weighted by molar-refractivity contribution is 7.48. The molecule has 0 fully saturated rings. The quantitative estimate of drug-likeness (QED) is 0.144. The van der Waals surface area contributed by atoms with Crippen LogP contribution in [0.4, 0.5) is 171 Å². The van der Waals surface area contributed by atoms with E-state index in [0.717, 1.165) is 0 Å². The van der Waals surface area contributed by atoms with E-state index in [1.807, 2.05) is 0 Å². The van der Waals surface area contributed by atoms with Crippen LogP contribution in [0.5, 0.6) is 0 Å². The topological polar surface area (TPSA) is 44.8 Å². The van der Waals surface area contributed by atoms with Gasteiger partial charge in [0.1, 0.15) is 0 Å². The fraction of sp³-hybridized carbons (Fsp3) is 1.00. The van der Waals surface area contributed by atoms with Gasteiger partial charge in [0.05, 0.1) is 0 Å².